The Morgan fingerprint density at radius 3 is 2.54 bits per heavy atom. The van der Waals surface area contributed by atoms with Crippen LogP contribution in [0.3, 0.4) is 0 Å². The van der Waals surface area contributed by atoms with Gasteiger partial charge in [-0.2, -0.15) is 4.98 Å². The van der Waals surface area contributed by atoms with Gasteiger partial charge < -0.3 is 14.8 Å². The average Bonchev–Trinajstić information content (AvgIpc) is 3.14. The van der Waals surface area contributed by atoms with Gasteiger partial charge in [0.15, 0.2) is 5.82 Å². The van der Waals surface area contributed by atoms with Crippen molar-refractivity contribution < 1.29 is 9.05 Å². The lowest BCUT2D eigenvalue weighted by Gasteiger charge is -2.34. The van der Waals surface area contributed by atoms with Crippen LogP contribution in [0.5, 0.6) is 0 Å². The average molecular weight is 376 g/mol. The third kappa shape index (κ3) is 2.61. The number of fused-ring (bicyclic) bond motifs is 1. The van der Waals surface area contributed by atoms with E-state index in [4.69, 9.17) is 14.8 Å². The molecule has 5 rings (SSSR count). The summed E-state index contributed by atoms with van der Waals surface area (Å²) in [4.78, 5) is 9.29. The van der Waals surface area contributed by atoms with E-state index in [1.54, 1.807) is 0 Å². The SMILES string of the molecule is CC(C)c1noc2nc(C3CC3)cc(-c3nc(C4(N)CCC4)no3)c12.Cl. The summed E-state index contributed by atoms with van der Waals surface area (Å²) < 4.78 is 11.1. The van der Waals surface area contributed by atoms with Crippen LogP contribution in [-0.2, 0) is 5.54 Å². The molecule has 7 nitrogen and oxygen atoms in total. The van der Waals surface area contributed by atoms with E-state index >= 15 is 0 Å². The van der Waals surface area contributed by atoms with E-state index < -0.39 is 5.54 Å². The molecule has 8 heteroatoms. The van der Waals surface area contributed by atoms with Crippen LogP contribution in [0.4, 0.5) is 0 Å². The summed E-state index contributed by atoms with van der Waals surface area (Å²) in [5.74, 6) is 1.77. The minimum Gasteiger partial charge on any atom is -0.335 e. The quantitative estimate of drug-likeness (QED) is 0.733. The lowest BCUT2D eigenvalue weighted by molar-refractivity contribution is 0.229. The van der Waals surface area contributed by atoms with Crippen LogP contribution in [0.1, 0.15) is 75.0 Å². The second-order valence-corrected chi connectivity index (χ2v) is 7.70. The van der Waals surface area contributed by atoms with E-state index in [1.165, 1.54) is 0 Å². The van der Waals surface area contributed by atoms with Gasteiger partial charge in [-0.25, -0.2) is 4.98 Å². The van der Waals surface area contributed by atoms with E-state index in [-0.39, 0.29) is 18.3 Å². The van der Waals surface area contributed by atoms with E-state index in [9.17, 15) is 0 Å². The Labute approximate surface area is 157 Å². The van der Waals surface area contributed by atoms with Crippen LogP contribution in [0.15, 0.2) is 15.1 Å². The van der Waals surface area contributed by atoms with Crippen LogP contribution in [0.2, 0.25) is 0 Å². The highest BCUT2D eigenvalue weighted by atomic mass is 35.5. The zero-order valence-electron chi connectivity index (χ0n) is 14.9. The summed E-state index contributed by atoms with van der Waals surface area (Å²) in [6, 6.07) is 2.06. The van der Waals surface area contributed by atoms with Crippen molar-refractivity contribution in [2.75, 3.05) is 0 Å². The number of nitrogens with two attached hydrogens (primary N) is 1. The van der Waals surface area contributed by atoms with E-state index in [0.717, 1.165) is 54.4 Å². The van der Waals surface area contributed by atoms with Gasteiger partial charge in [-0.3, -0.25) is 0 Å². The lowest BCUT2D eigenvalue weighted by Crippen LogP contribution is -2.44. The summed E-state index contributed by atoms with van der Waals surface area (Å²) in [7, 11) is 0. The third-order valence-electron chi connectivity index (χ3n) is 5.38. The highest BCUT2D eigenvalue weighted by molar-refractivity contribution is 5.92. The number of pyridine rings is 1. The topological polar surface area (TPSA) is 104 Å². The first-order valence-corrected chi connectivity index (χ1v) is 8.99. The normalized spacial score (nSPS) is 18.8. The Kier molecular flexibility index (Phi) is 4.04. The fraction of sp³-hybridized carbons (Fsp3) is 0.556. The number of halogens is 1. The van der Waals surface area contributed by atoms with Crippen molar-refractivity contribution >= 4 is 23.5 Å². The monoisotopic (exact) mass is 375 g/mol. The summed E-state index contributed by atoms with van der Waals surface area (Å²) in [6.45, 7) is 4.16. The molecule has 0 aromatic carbocycles. The summed E-state index contributed by atoms with van der Waals surface area (Å²) >= 11 is 0. The Bertz CT molecular complexity index is 956. The Morgan fingerprint density at radius 1 is 1.15 bits per heavy atom. The molecule has 26 heavy (non-hydrogen) atoms. The standard InChI is InChI=1S/C18H21N5O2.ClH/c1-9(2)14-13-11(8-12(10-4-5-10)20-16(13)25-22-14)15-21-17(23-24-15)18(19)6-3-7-18;/h8-10H,3-7,19H2,1-2H3;1H. The minimum absolute atomic E-state index is 0. The molecule has 2 aliphatic carbocycles. The predicted octanol–water partition coefficient (Wildman–Crippen LogP) is 4.03. The van der Waals surface area contributed by atoms with E-state index in [2.05, 4.69) is 40.2 Å². The van der Waals surface area contributed by atoms with E-state index in [1.807, 2.05) is 0 Å². The van der Waals surface area contributed by atoms with Gasteiger partial charge in [-0.1, -0.05) is 24.2 Å². The molecule has 2 saturated carbocycles. The molecule has 2 fully saturated rings. The number of nitrogens with zero attached hydrogens (tertiary/aromatic N) is 4. The van der Waals surface area contributed by atoms with Gasteiger partial charge in [0, 0.05) is 11.6 Å². The van der Waals surface area contributed by atoms with Crippen LogP contribution < -0.4 is 5.73 Å². The molecule has 3 aromatic heterocycles. The van der Waals surface area contributed by atoms with Crippen molar-refractivity contribution in [1.82, 2.24) is 20.3 Å². The van der Waals surface area contributed by atoms with Crippen molar-refractivity contribution in [2.45, 2.75) is 63.3 Å². The van der Waals surface area contributed by atoms with Gasteiger partial charge in [0.05, 0.1) is 22.2 Å². The first kappa shape index (κ1) is 17.4. The second-order valence-electron chi connectivity index (χ2n) is 7.70. The number of hydrogen-bond acceptors (Lipinski definition) is 7. The Hall–Kier alpha value is -1.99. The Morgan fingerprint density at radius 2 is 1.92 bits per heavy atom. The molecule has 0 spiro atoms. The molecular weight excluding hydrogens is 354 g/mol. The second kappa shape index (κ2) is 6.03. The molecule has 0 bridgehead atoms. The molecule has 0 saturated heterocycles. The van der Waals surface area contributed by atoms with Crippen LogP contribution in [-0.4, -0.2) is 20.3 Å². The fourth-order valence-electron chi connectivity index (χ4n) is 3.46. The highest BCUT2D eigenvalue weighted by Gasteiger charge is 2.39. The van der Waals surface area contributed by atoms with Gasteiger partial charge in [0.2, 0.25) is 0 Å². The molecule has 0 radical (unpaired) electrons. The maximum atomic E-state index is 6.35. The molecule has 2 aliphatic rings. The summed E-state index contributed by atoms with van der Waals surface area (Å²) in [5, 5.41) is 9.26. The zero-order valence-corrected chi connectivity index (χ0v) is 15.7. The molecule has 0 aliphatic heterocycles. The summed E-state index contributed by atoms with van der Waals surface area (Å²) in [6.07, 6.45) is 5.22. The molecule has 0 atom stereocenters. The molecule has 2 N–H and O–H groups in total. The maximum absolute atomic E-state index is 6.35. The highest BCUT2D eigenvalue weighted by Crippen LogP contribution is 2.43. The van der Waals surface area contributed by atoms with Crippen molar-refractivity contribution in [1.29, 1.82) is 0 Å². The molecule has 0 unspecified atom stereocenters. The smallest absolute Gasteiger partial charge is 0.259 e. The largest absolute Gasteiger partial charge is 0.335 e. The van der Waals surface area contributed by atoms with E-state index in [0.29, 0.717) is 23.3 Å². The molecule has 0 amide bonds. The Balaban J connectivity index is 0.00000168. The van der Waals surface area contributed by atoms with Crippen molar-refractivity contribution in [3.05, 3.63) is 23.3 Å². The van der Waals surface area contributed by atoms with Gasteiger partial charge in [0.25, 0.3) is 11.6 Å². The number of aromatic nitrogens is 4. The fourth-order valence-corrected chi connectivity index (χ4v) is 3.46. The van der Waals surface area contributed by atoms with Gasteiger partial charge in [-0.15, -0.1) is 12.4 Å². The lowest BCUT2D eigenvalue weighted by atomic mass is 9.77. The predicted molar refractivity (Wildman–Crippen MR) is 98.1 cm³/mol. The first-order chi connectivity index (χ1) is 12.0. The van der Waals surface area contributed by atoms with Gasteiger partial charge >= 0.3 is 0 Å². The molecule has 3 aromatic rings. The molecule has 3 heterocycles. The zero-order chi connectivity index (χ0) is 17.2. The molecule has 138 valence electrons. The van der Waals surface area contributed by atoms with Crippen molar-refractivity contribution in [3.8, 4) is 11.5 Å². The summed E-state index contributed by atoms with van der Waals surface area (Å²) in [5.41, 5.74) is 9.19. The van der Waals surface area contributed by atoms with Gasteiger partial charge in [0.1, 0.15) is 0 Å². The molecular formula is C18H22ClN5O2. The number of rotatable bonds is 4. The maximum Gasteiger partial charge on any atom is 0.259 e. The third-order valence-corrected chi connectivity index (χ3v) is 5.38. The number of hydrogen-bond donors (Lipinski definition) is 1. The van der Waals surface area contributed by atoms with Crippen LogP contribution >= 0.6 is 12.4 Å². The van der Waals surface area contributed by atoms with Crippen molar-refractivity contribution in [2.24, 2.45) is 5.73 Å². The van der Waals surface area contributed by atoms with Crippen LogP contribution in [0.25, 0.3) is 22.6 Å². The van der Waals surface area contributed by atoms with Crippen molar-refractivity contribution in [3.63, 3.8) is 0 Å². The first-order valence-electron chi connectivity index (χ1n) is 8.99. The van der Waals surface area contributed by atoms with Crippen LogP contribution in [0, 0.1) is 0 Å². The van der Waals surface area contributed by atoms with Gasteiger partial charge in [-0.05, 0) is 44.1 Å². The minimum atomic E-state index is -0.442.